The van der Waals surface area contributed by atoms with E-state index < -0.39 is 12.1 Å². The minimum Gasteiger partial charge on any atom is -0.466 e. The molecule has 0 spiro atoms. The highest BCUT2D eigenvalue weighted by Crippen LogP contribution is 2.19. The van der Waals surface area contributed by atoms with Gasteiger partial charge < -0.3 is 20.3 Å². The molecule has 0 saturated carbocycles. The number of aliphatic hydroxyl groups is 2. The fourth-order valence-electron chi connectivity index (χ4n) is 10.7. The quantitative estimate of drug-likeness (QED) is 0.0320. The monoisotopic (exact) mass is 1030 g/mol. The van der Waals surface area contributed by atoms with Gasteiger partial charge in [-0.2, -0.15) is 0 Å². The topological polar surface area (TPSA) is 95.9 Å². The third-order valence-corrected chi connectivity index (χ3v) is 15.8. The van der Waals surface area contributed by atoms with Crippen molar-refractivity contribution in [2.24, 2.45) is 0 Å². The van der Waals surface area contributed by atoms with Crippen molar-refractivity contribution < 1.29 is 24.5 Å². The number of carbonyl (C=O) groups excluding carboxylic acids is 2. The Labute approximate surface area is 457 Å². The van der Waals surface area contributed by atoms with Crippen LogP contribution in [0.25, 0.3) is 0 Å². The molecule has 6 heteroatoms. The summed E-state index contributed by atoms with van der Waals surface area (Å²) in [5.74, 6) is -0.0235. The fourth-order valence-corrected chi connectivity index (χ4v) is 10.7. The lowest BCUT2D eigenvalue weighted by atomic mass is 10.0. The van der Waals surface area contributed by atoms with Crippen molar-refractivity contribution in [3.8, 4) is 0 Å². The maximum absolute atomic E-state index is 12.5. The first kappa shape index (κ1) is 71.6. The van der Waals surface area contributed by atoms with Crippen LogP contribution in [0.1, 0.15) is 380 Å². The van der Waals surface area contributed by atoms with Crippen LogP contribution in [0.5, 0.6) is 0 Å². The van der Waals surface area contributed by atoms with Gasteiger partial charge in [-0.15, -0.1) is 0 Å². The summed E-state index contributed by atoms with van der Waals surface area (Å²) in [6.45, 7) is 4.98. The molecule has 0 heterocycles. The highest BCUT2D eigenvalue weighted by Gasteiger charge is 2.20. The van der Waals surface area contributed by atoms with Gasteiger partial charge in [-0.1, -0.05) is 328 Å². The molecule has 0 aliphatic heterocycles. The Balaban J connectivity index is 3.37. The zero-order valence-corrected chi connectivity index (χ0v) is 49.6. The summed E-state index contributed by atoms with van der Waals surface area (Å²) in [4.78, 5) is 24.6. The maximum Gasteiger partial charge on any atom is 0.305 e. The van der Waals surface area contributed by atoms with E-state index in [1.54, 1.807) is 0 Å². The van der Waals surface area contributed by atoms with Gasteiger partial charge in [0.25, 0.3) is 0 Å². The van der Waals surface area contributed by atoms with Crippen LogP contribution in [0.4, 0.5) is 0 Å². The molecule has 6 nitrogen and oxygen atoms in total. The van der Waals surface area contributed by atoms with Gasteiger partial charge in [-0.25, -0.2) is 0 Å². The maximum atomic E-state index is 12.5. The van der Waals surface area contributed by atoms with E-state index in [-0.39, 0.29) is 18.5 Å². The van der Waals surface area contributed by atoms with Gasteiger partial charge in [0.2, 0.25) is 5.91 Å². The zero-order chi connectivity index (χ0) is 52.9. The summed E-state index contributed by atoms with van der Waals surface area (Å²) >= 11 is 0. The number of rotatable bonds is 63. The fraction of sp³-hybridized carbons (Fsp3) is 0.940. The summed E-state index contributed by atoms with van der Waals surface area (Å²) in [5, 5.41) is 23.4. The molecule has 0 aromatic carbocycles. The SMILES string of the molecule is CCCCCCC/C=C\CCCCCCCC(=O)OCCCCCCCCCCCCCCCCCCCCCCCCCC(=O)NC(CO)C(O)CCCCCCCCCCCCCCCCCCCCC. The van der Waals surface area contributed by atoms with E-state index in [1.165, 1.54) is 302 Å². The predicted octanol–water partition coefficient (Wildman–Crippen LogP) is 21.2. The number of unbranched alkanes of at least 4 members (excludes halogenated alkanes) is 50. The minimum atomic E-state index is -0.664. The number of ether oxygens (including phenoxy) is 1. The summed E-state index contributed by atoms with van der Waals surface area (Å²) in [5.41, 5.74) is 0. The molecule has 434 valence electrons. The van der Waals surface area contributed by atoms with Gasteiger partial charge in [0.15, 0.2) is 0 Å². The van der Waals surface area contributed by atoms with E-state index in [4.69, 9.17) is 4.74 Å². The van der Waals surface area contributed by atoms with Gasteiger partial charge >= 0.3 is 5.97 Å². The van der Waals surface area contributed by atoms with E-state index in [2.05, 4.69) is 31.3 Å². The largest absolute Gasteiger partial charge is 0.466 e. The molecular formula is C67H131NO5. The number of hydrogen-bond acceptors (Lipinski definition) is 5. The first-order valence-corrected chi connectivity index (χ1v) is 33.4. The molecule has 0 aromatic rings. The predicted molar refractivity (Wildman–Crippen MR) is 320 cm³/mol. The summed E-state index contributed by atoms with van der Waals surface area (Å²) in [6.07, 6.45) is 76.6. The van der Waals surface area contributed by atoms with Crippen LogP contribution in [0.3, 0.4) is 0 Å². The molecule has 1 amide bonds. The van der Waals surface area contributed by atoms with Gasteiger partial charge in [0, 0.05) is 12.8 Å². The van der Waals surface area contributed by atoms with Crippen LogP contribution < -0.4 is 5.32 Å². The molecule has 2 unspecified atom stereocenters. The molecule has 0 fully saturated rings. The minimum absolute atomic E-state index is 0.00685. The summed E-state index contributed by atoms with van der Waals surface area (Å²) < 4.78 is 5.48. The Morgan fingerprint density at radius 2 is 0.644 bits per heavy atom. The molecular weight excluding hydrogens is 899 g/mol. The average Bonchev–Trinajstić information content (AvgIpc) is 3.39. The van der Waals surface area contributed by atoms with Crippen LogP contribution in [0.15, 0.2) is 12.2 Å². The van der Waals surface area contributed by atoms with Crippen molar-refractivity contribution >= 4 is 11.9 Å². The van der Waals surface area contributed by atoms with Crippen molar-refractivity contribution in [3.63, 3.8) is 0 Å². The molecule has 0 aromatic heterocycles. The van der Waals surface area contributed by atoms with Crippen molar-refractivity contribution in [2.75, 3.05) is 13.2 Å². The van der Waals surface area contributed by atoms with Gasteiger partial charge in [0.1, 0.15) is 0 Å². The van der Waals surface area contributed by atoms with Crippen molar-refractivity contribution in [1.29, 1.82) is 0 Å². The lowest BCUT2D eigenvalue weighted by Gasteiger charge is -2.22. The number of hydrogen-bond donors (Lipinski definition) is 3. The number of carbonyl (C=O) groups is 2. The Kier molecular flexibility index (Phi) is 61.9. The Hall–Kier alpha value is -1.40. The zero-order valence-electron chi connectivity index (χ0n) is 49.6. The molecule has 73 heavy (non-hydrogen) atoms. The number of allylic oxidation sites excluding steroid dienone is 2. The second-order valence-corrected chi connectivity index (χ2v) is 23.2. The molecule has 2 atom stereocenters. The first-order chi connectivity index (χ1) is 36.0. The van der Waals surface area contributed by atoms with Crippen LogP contribution >= 0.6 is 0 Å². The molecule has 0 aliphatic rings. The van der Waals surface area contributed by atoms with E-state index >= 15 is 0 Å². The van der Waals surface area contributed by atoms with Gasteiger partial charge in [0.05, 0.1) is 25.4 Å². The van der Waals surface area contributed by atoms with Crippen LogP contribution in [0.2, 0.25) is 0 Å². The second kappa shape index (κ2) is 63.1. The van der Waals surface area contributed by atoms with E-state index in [0.717, 1.165) is 44.9 Å². The van der Waals surface area contributed by atoms with Crippen molar-refractivity contribution in [1.82, 2.24) is 5.32 Å². The lowest BCUT2D eigenvalue weighted by molar-refractivity contribution is -0.143. The standard InChI is InChI=1S/C67H131NO5/c1-3-5-7-9-11-13-15-17-19-20-26-29-32-35-39-43-47-51-55-59-65(70)64(63-69)68-66(71)60-56-52-48-44-40-36-33-30-27-24-22-21-23-25-28-31-34-38-42-46-50-54-58-62-73-67(72)61-57-53-49-45-41-37-18-16-14-12-10-8-6-4-2/h16,18,64-65,69-70H,3-15,17,19-63H2,1-2H3,(H,68,71)/b18-16-. The lowest BCUT2D eigenvalue weighted by Crippen LogP contribution is -2.45. The Morgan fingerprint density at radius 3 is 0.973 bits per heavy atom. The highest BCUT2D eigenvalue weighted by molar-refractivity contribution is 5.76. The van der Waals surface area contributed by atoms with Crippen LogP contribution in [-0.4, -0.2) is 47.4 Å². The molecule has 3 N–H and O–H groups in total. The van der Waals surface area contributed by atoms with Crippen molar-refractivity contribution in [2.45, 2.75) is 392 Å². The smallest absolute Gasteiger partial charge is 0.305 e. The van der Waals surface area contributed by atoms with Gasteiger partial charge in [-0.3, -0.25) is 9.59 Å². The number of aliphatic hydroxyl groups excluding tert-OH is 2. The van der Waals surface area contributed by atoms with Crippen LogP contribution in [0, 0.1) is 0 Å². The summed E-state index contributed by atoms with van der Waals surface area (Å²) in [6, 6.07) is -0.541. The molecule has 0 aliphatic carbocycles. The summed E-state index contributed by atoms with van der Waals surface area (Å²) in [7, 11) is 0. The molecule has 0 saturated heterocycles. The number of nitrogens with one attached hydrogen (secondary N) is 1. The van der Waals surface area contributed by atoms with Crippen molar-refractivity contribution in [3.05, 3.63) is 12.2 Å². The Morgan fingerprint density at radius 1 is 0.370 bits per heavy atom. The van der Waals surface area contributed by atoms with E-state index in [1.807, 2.05) is 0 Å². The normalized spacial score (nSPS) is 12.5. The van der Waals surface area contributed by atoms with E-state index in [9.17, 15) is 19.8 Å². The second-order valence-electron chi connectivity index (χ2n) is 23.2. The molecule has 0 rings (SSSR count). The molecule has 0 radical (unpaired) electrons. The molecule has 0 bridgehead atoms. The van der Waals surface area contributed by atoms with E-state index in [0.29, 0.717) is 25.9 Å². The highest BCUT2D eigenvalue weighted by atomic mass is 16.5. The first-order valence-electron chi connectivity index (χ1n) is 33.4. The average molecular weight is 1030 g/mol. The van der Waals surface area contributed by atoms with Gasteiger partial charge in [-0.05, 0) is 51.4 Å². The number of amides is 1. The van der Waals surface area contributed by atoms with Crippen LogP contribution in [-0.2, 0) is 14.3 Å². The number of esters is 1. The third-order valence-electron chi connectivity index (χ3n) is 15.8. The Bertz CT molecular complexity index is 1100. The third kappa shape index (κ3) is 59.7.